The fourth-order valence-corrected chi connectivity index (χ4v) is 2.54. The Hall–Kier alpha value is -1.63. The predicted octanol–water partition coefficient (Wildman–Crippen LogP) is 2.52. The van der Waals surface area contributed by atoms with Crippen LogP contribution in [0.3, 0.4) is 0 Å². The molecule has 0 aliphatic rings. The van der Waals surface area contributed by atoms with Gasteiger partial charge in [-0.3, -0.25) is 4.79 Å². The summed E-state index contributed by atoms with van der Waals surface area (Å²) in [6, 6.07) is 7.44. The molecule has 1 atom stereocenters. The van der Waals surface area contributed by atoms with Crippen LogP contribution in [0.1, 0.15) is 34.0 Å². The first-order valence-electron chi connectivity index (χ1n) is 6.24. The van der Waals surface area contributed by atoms with Crippen LogP contribution in [-0.4, -0.2) is 18.0 Å². The lowest BCUT2D eigenvalue weighted by Gasteiger charge is -2.16. The van der Waals surface area contributed by atoms with E-state index in [9.17, 15) is 4.79 Å². The van der Waals surface area contributed by atoms with Gasteiger partial charge in [-0.25, -0.2) is 4.98 Å². The highest BCUT2D eigenvalue weighted by Crippen LogP contribution is 2.24. The van der Waals surface area contributed by atoms with Crippen molar-refractivity contribution in [1.82, 2.24) is 10.3 Å². The number of amides is 1. The number of hydrogen-bond donors (Lipinski definition) is 2. The molecule has 1 amide bonds. The molecule has 1 aromatic carbocycles. The Morgan fingerprint density at radius 1 is 1.48 bits per heavy atom. The smallest absolute Gasteiger partial charge is 0.271 e. The summed E-state index contributed by atoms with van der Waals surface area (Å²) in [5.74, 6) is 0.542. The van der Waals surface area contributed by atoms with Crippen LogP contribution < -0.4 is 15.8 Å². The van der Waals surface area contributed by atoms with Gasteiger partial charge in [0.25, 0.3) is 5.91 Å². The molecule has 1 unspecified atom stereocenters. The monoisotopic (exact) mass is 327 g/mol. The van der Waals surface area contributed by atoms with E-state index in [1.807, 2.05) is 31.2 Å². The molecular formula is C14H18ClN3O2S. The van der Waals surface area contributed by atoms with Crippen LogP contribution in [0.25, 0.3) is 0 Å². The number of nitrogens with one attached hydrogen (secondary N) is 1. The van der Waals surface area contributed by atoms with E-state index in [1.54, 1.807) is 12.5 Å². The highest BCUT2D eigenvalue weighted by Gasteiger charge is 2.16. The standard InChI is InChI=1S/C14H17N3O2S.ClH/c1-9(10-5-3-4-6-12(10)19-2)16-14(18)11-8-20-13(7-15)17-11;/h3-6,8-9H,7,15H2,1-2H3,(H,16,18);1H. The van der Waals surface area contributed by atoms with E-state index in [4.69, 9.17) is 10.5 Å². The Morgan fingerprint density at radius 2 is 2.19 bits per heavy atom. The molecule has 0 saturated heterocycles. The van der Waals surface area contributed by atoms with Gasteiger partial charge in [0, 0.05) is 17.5 Å². The van der Waals surface area contributed by atoms with E-state index in [1.165, 1.54) is 11.3 Å². The Morgan fingerprint density at radius 3 is 2.81 bits per heavy atom. The van der Waals surface area contributed by atoms with Gasteiger partial charge < -0.3 is 15.8 Å². The molecule has 21 heavy (non-hydrogen) atoms. The normalized spacial score (nSPS) is 11.4. The number of benzene rings is 1. The highest BCUT2D eigenvalue weighted by molar-refractivity contribution is 7.09. The number of rotatable bonds is 5. The number of methoxy groups -OCH3 is 1. The van der Waals surface area contributed by atoms with Gasteiger partial charge in [0.15, 0.2) is 0 Å². The molecular weight excluding hydrogens is 310 g/mol. The van der Waals surface area contributed by atoms with Crippen LogP contribution in [0.5, 0.6) is 5.75 Å². The Bertz CT molecular complexity index is 603. The zero-order valence-corrected chi connectivity index (χ0v) is 13.5. The molecule has 5 nitrogen and oxygen atoms in total. The average Bonchev–Trinajstić information content (AvgIpc) is 2.96. The lowest BCUT2D eigenvalue weighted by molar-refractivity contribution is 0.0935. The van der Waals surface area contributed by atoms with Crippen LogP contribution in [0, 0.1) is 0 Å². The van der Waals surface area contributed by atoms with E-state index in [0.717, 1.165) is 16.3 Å². The van der Waals surface area contributed by atoms with Gasteiger partial charge in [-0.1, -0.05) is 18.2 Å². The lowest BCUT2D eigenvalue weighted by atomic mass is 10.1. The third-order valence-corrected chi connectivity index (χ3v) is 3.78. The van der Waals surface area contributed by atoms with Crippen molar-refractivity contribution >= 4 is 29.7 Å². The molecule has 2 aromatic rings. The molecule has 114 valence electrons. The summed E-state index contributed by atoms with van der Waals surface area (Å²) in [5, 5.41) is 5.37. The van der Waals surface area contributed by atoms with Crippen LogP contribution in [0.4, 0.5) is 0 Å². The summed E-state index contributed by atoms with van der Waals surface area (Å²) >= 11 is 1.39. The van der Waals surface area contributed by atoms with Gasteiger partial charge in [-0.15, -0.1) is 23.7 Å². The number of carbonyl (C=O) groups is 1. The number of aromatic nitrogens is 1. The summed E-state index contributed by atoms with van der Waals surface area (Å²) in [4.78, 5) is 16.3. The van der Waals surface area contributed by atoms with Gasteiger partial charge in [-0.2, -0.15) is 0 Å². The molecule has 0 spiro atoms. The van der Waals surface area contributed by atoms with Crippen molar-refractivity contribution in [3.63, 3.8) is 0 Å². The maximum absolute atomic E-state index is 12.1. The minimum Gasteiger partial charge on any atom is -0.496 e. The topological polar surface area (TPSA) is 77.2 Å². The zero-order chi connectivity index (χ0) is 14.5. The van der Waals surface area contributed by atoms with Crippen molar-refractivity contribution in [2.45, 2.75) is 19.5 Å². The molecule has 2 rings (SSSR count). The molecule has 1 aromatic heterocycles. The van der Waals surface area contributed by atoms with E-state index in [-0.39, 0.29) is 24.4 Å². The Kier molecular flexibility index (Phi) is 6.61. The van der Waals surface area contributed by atoms with Gasteiger partial charge in [-0.05, 0) is 13.0 Å². The van der Waals surface area contributed by atoms with Crippen molar-refractivity contribution in [3.8, 4) is 5.75 Å². The Labute approximate surface area is 133 Å². The first-order chi connectivity index (χ1) is 9.65. The summed E-state index contributed by atoms with van der Waals surface area (Å²) < 4.78 is 5.29. The zero-order valence-electron chi connectivity index (χ0n) is 11.8. The van der Waals surface area contributed by atoms with Gasteiger partial charge >= 0.3 is 0 Å². The molecule has 0 saturated carbocycles. The fourth-order valence-electron chi connectivity index (χ4n) is 1.88. The molecule has 3 N–H and O–H groups in total. The quantitative estimate of drug-likeness (QED) is 0.884. The maximum atomic E-state index is 12.1. The van der Waals surface area contributed by atoms with Crippen molar-refractivity contribution < 1.29 is 9.53 Å². The summed E-state index contributed by atoms with van der Waals surface area (Å²) in [6.07, 6.45) is 0. The van der Waals surface area contributed by atoms with Gasteiger partial charge in [0.2, 0.25) is 0 Å². The number of thiazole rings is 1. The number of carbonyl (C=O) groups excluding carboxylic acids is 1. The average molecular weight is 328 g/mol. The minimum absolute atomic E-state index is 0. The molecule has 7 heteroatoms. The molecule has 0 fully saturated rings. The molecule has 0 aliphatic carbocycles. The Balaban J connectivity index is 0.00000220. The van der Waals surface area contributed by atoms with E-state index in [0.29, 0.717) is 12.2 Å². The molecule has 0 aliphatic heterocycles. The number of ether oxygens (including phenoxy) is 1. The number of nitrogens with two attached hydrogens (primary N) is 1. The largest absolute Gasteiger partial charge is 0.496 e. The summed E-state index contributed by atoms with van der Waals surface area (Å²) in [5.41, 5.74) is 6.82. The minimum atomic E-state index is -0.209. The third-order valence-electron chi connectivity index (χ3n) is 2.91. The van der Waals surface area contributed by atoms with E-state index >= 15 is 0 Å². The van der Waals surface area contributed by atoms with Crippen LogP contribution in [0.2, 0.25) is 0 Å². The SMILES string of the molecule is COc1ccccc1C(C)NC(=O)c1csc(CN)n1.Cl. The third kappa shape index (κ3) is 4.17. The van der Waals surface area contributed by atoms with Crippen molar-refractivity contribution in [2.75, 3.05) is 7.11 Å². The van der Waals surface area contributed by atoms with Crippen LogP contribution >= 0.6 is 23.7 Å². The second-order valence-electron chi connectivity index (χ2n) is 4.27. The van der Waals surface area contributed by atoms with E-state index < -0.39 is 0 Å². The van der Waals surface area contributed by atoms with E-state index in [2.05, 4.69) is 10.3 Å². The van der Waals surface area contributed by atoms with Gasteiger partial charge in [0.1, 0.15) is 16.5 Å². The van der Waals surface area contributed by atoms with Crippen molar-refractivity contribution in [2.24, 2.45) is 5.73 Å². The lowest BCUT2D eigenvalue weighted by Crippen LogP contribution is -2.27. The number of hydrogen-bond acceptors (Lipinski definition) is 5. The van der Waals surface area contributed by atoms with Gasteiger partial charge in [0.05, 0.1) is 13.2 Å². The maximum Gasteiger partial charge on any atom is 0.271 e. The molecule has 1 heterocycles. The second kappa shape index (κ2) is 7.97. The molecule has 0 bridgehead atoms. The van der Waals surface area contributed by atoms with Crippen LogP contribution in [-0.2, 0) is 6.54 Å². The first-order valence-corrected chi connectivity index (χ1v) is 7.12. The van der Waals surface area contributed by atoms with Crippen molar-refractivity contribution in [3.05, 3.63) is 45.9 Å². The highest BCUT2D eigenvalue weighted by atomic mass is 35.5. The number of nitrogens with zero attached hydrogens (tertiary/aromatic N) is 1. The first kappa shape index (κ1) is 17.4. The fraction of sp³-hybridized carbons (Fsp3) is 0.286. The summed E-state index contributed by atoms with van der Waals surface area (Å²) in [6.45, 7) is 2.26. The summed E-state index contributed by atoms with van der Waals surface area (Å²) in [7, 11) is 1.61. The second-order valence-corrected chi connectivity index (χ2v) is 5.21. The number of halogens is 1. The van der Waals surface area contributed by atoms with Crippen LogP contribution in [0.15, 0.2) is 29.6 Å². The predicted molar refractivity (Wildman–Crippen MR) is 86.1 cm³/mol. The van der Waals surface area contributed by atoms with Crippen molar-refractivity contribution in [1.29, 1.82) is 0 Å². The number of para-hydroxylation sites is 1. The molecule has 0 radical (unpaired) electrons.